The Hall–Kier alpha value is -1.96. The minimum Gasteiger partial charge on any atom is -0.385 e. The summed E-state index contributed by atoms with van der Waals surface area (Å²) in [5.74, 6) is 1.42. The van der Waals surface area contributed by atoms with Gasteiger partial charge >= 0.3 is 0 Å². The van der Waals surface area contributed by atoms with Crippen molar-refractivity contribution < 1.29 is 9.37 Å². The molecule has 0 bridgehead atoms. The van der Waals surface area contributed by atoms with E-state index in [4.69, 9.17) is 4.74 Å². The van der Waals surface area contributed by atoms with Gasteiger partial charge in [0.25, 0.3) is 0 Å². The zero-order chi connectivity index (χ0) is 14.5. The Kier molecular flexibility index (Phi) is 4.44. The van der Waals surface area contributed by atoms with Crippen molar-refractivity contribution >= 4 is 22.9 Å². The molecule has 114 valence electrons. The van der Waals surface area contributed by atoms with E-state index < -0.39 is 0 Å². The Morgan fingerprint density at radius 1 is 1.14 bits per heavy atom. The van der Waals surface area contributed by atoms with Crippen LogP contribution in [0.4, 0.5) is 11.6 Å². The number of ether oxygens (including phenoxy) is 1. The fourth-order valence-corrected chi connectivity index (χ4v) is 2.55. The summed E-state index contributed by atoms with van der Waals surface area (Å²) in [7, 11) is 1.69. The smallest absolute Gasteiger partial charge is 0.245 e. The maximum absolute atomic E-state index is 5.05. The number of aromatic nitrogens is 4. The van der Waals surface area contributed by atoms with Crippen molar-refractivity contribution in [3.8, 4) is 0 Å². The minimum absolute atomic E-state index is 0.418. The van der Waals surface area contributed by atoms with Gasteiger partial charge in [0.2, 0.25) is 11.3 Å². The molecule has 0 aromatic carbocycles. The van der Waals surface area contributed by atoms with Crippen LogP contribution in [-0.4, -0.2) is 46.6 Å². The molecule has 1 aliphatic carbocycles. The molecule has 0 aliphatic heterocycles. The van der Waals surface area contributed by atoms with Gasteiger partial charge in [-0.1, -0.05) is 12.8 Å². The molecule has 2 aromatic heterocycles. The lowest BCUT2D eigenvalue weighted by molar-refractivity contribution is 0.198. The van der Waals surface area contributed by atoms with Gasteiger partial charge in [0.1, 0.15) is 0 Å². The van der Waals surface area contributed by atoms with Crippen LogP contribution in [0.25, 0.3) is 11.3 Å². The van der Waals surface area contributed by atoms with Crippen LogP contribution < -0.4 is 10.6 Å². The van der Waals surface area contributed by atoms with Gasteiger partial charge in [-0.15, -0.1) is 0 Å². The molecular formula is C13H20N6O2. The van der Waals surface area contributed by atoms with Gasteiger partial charge in [-0.3, -0.25) is 0 Å². The molecule has 0 unspecified atom stereocenters. The number of nitrogens with one attached hydrogen (secondary N) is 2. The van der Waals surface area contributed by atoms with E-state index in [9.17, 15) is 0 Å². The van der Waals surface area contributed by atoms with Crippen LogP contribution in [0.5, 0.6) is 0 Å². The highest BCUT2D eigenvalue weighted by Gasteiger charge is 2.19. The van der Waals surface area contributed by atoms with E-state index in [0.29, 0.717) is 29.8 Å². The molecule has 0 radical (unpaired) electrons. The fourth-order valence-electron chi connectivity index (χ4n) is 2.55. The van der Waals surface area contributed by atoms with Crippen LogP contribution in [0.1, 0.15) is 32.1 Å². The molecule has 2 aromatic rings. The number of hydrogen-bond donors (Lipinski definition) is 2. The first-order chi connectivity index (χ1) is 10.4. The van der Waals surface area contributed by atoms with Gasteiger partial charge in [0.05, 0.1) is 0 Å². The second kappa shape index (κ2) is 6.66. The van der Waals surface area contributed by atoms with E-state index in [1.54, 1.807) is 7.11 Å². The monoisotopic (exact) mass is 292 g/mol. The largest absolute Gasteiger partial charge is 0.385 e. The summed E-state index contributed by atoms with van der Waals surface area (Å²) in [5.41, 5.74) is 0.846. The standard InChI is InChI=1S/C13H20N6O2/c1-20-8-4-7-14-10-11(15-9-5-2-3-6-9)17-13-12(16-10)18-21-19-13/h9H,2-8H2,1H3,(H,14,16,18)(H,15,17,19). The maximum atomic E-state index is 5.05. The molecule has 0 atom stereocenters. The first kappa shape index (κ1) is 14.0. The predicted octanol–water partition coefficient (Wildman–Crippen LogP) is 1.82. The van der Waals surface area contributed by atoms with Crippen LogP contribution >= 0.6 is 0 Å². The van der Waals surface area contributed by atoms with E-state index in [1.165, 1.54) is 25.7 Å². The quantitative estimate of drug-likeness (QED) is 0.746. The molecule has 0 saturated heterocycles. The molecule has 2 heterocycles. The Morgan fingerprint density at radius 2 is 1.86 bits per heavy atom. The number of methoxy groups -OCH3 is 1. The van der Waals surface area contributed by atoms with E-state index in [1.807, 2.05) is 0 Å². The zero-order valence-corrected chi connectivity index (χ0v) is 12.1. The van der Waals surface area contributed by atoms with Crippen molar-refractivity contribution in [1.29, 1.82) is 0 Å². The predicted molar refractivity (Wildman–Crippen MR) is 78.3 cm³/mol. The van der Waals surface area contributed by atoms with Crippen LogP contribution in [0.2, 0.25) is 0 Å². The molecule has 8 nitrogen and oxygen atoms in total. The number of rotatable bonds is 7. The van der Waals surface area contributed by atoms with Crippen LogP contribution in [0.15, 0.2) is 4.63 Å². The topological polar surface area (TPSA) is 98.0 Å². The normalized spacial score (nSPS) is 15.7. The maximum Gasteiger partial charge on any atom is 0.245 e. The third-order valence-electron chi connectivity index (χ3n) is 3.63. The SMILES string of the molecule is COCCCNc1nc2nonc2nc1NC1CCCC1. The third-order valence-corrected chi connectivity index (χ3v) is 3.63. The molecule has 21 heavy (non-hydrogen) atoms. The van der Waals surface area contributed by atoms with Gasteiger partial charge in [-0.2, -0.15) is 0 Å². The summed E-state index contributed by atoms with van der Waals surface area (Å²) in [5, 5.41) is 14.2. The summed E-state index contributed by atoms with van der Waals surface area (Å²) in [4.78, 5) is 8.89. The molecule has 3 rings (SSSR count). The number of anilines is 2. The molecule has 1 saturated carbocycles. The Balaban J connectivity index is 1.76. The zero-order valence-electron chi connectivity index (χ0n) is 12.1. The van der Waals surface area contributed by atoms with Gasteiger partial charge in [0.15, 0.2) is 11.6 Å². The van der Waals surface area contributed by atoms with Gasteiger partial charge < -0.3 is 15.4 Å². The molecule has 1 fully saturated rings. The third kappa shape index (κ3) is 3.38. The average molecular weight is 292 g/mol. The van der Waals surface area contributed by atoms with Crippen molar-refractivity contribution in [2.75, 3.05) is 30.9 Å². The Bertz CT molecular complexity index is 581. The van der Waals surface area contributed by atoms with Crippen LogP contribution in [0, 0.1) is 0 Å². The summed E-state index contributed by atoms with van der Waals surface area (Å²) in [6.45, 7) is 1.47. The molecule has 0 spiro atoms. The van der Waals surface area contributed by atoms with Crippen molar-refractivity contribution in [2.24, 2.45) is 0 Å². The Morgan fingerprint density at radius 3 is 2.57 bits per heavy atom. The molecule has 8 heteroatoms. The number of nitrogens with zero attached hydrogens (tertiary/aromatic N) is 4. The Labute approximate surface area is 122 Å². The highest BCUT2D eigenvalue weighted by atomic mass is 16.6. The lowest BCUT2D eigenvalue weighted by atomic mass is 10.2. The van der Waals surface area contributed by atoms with Crippen molar-refractivity contribution in [1.82, 2.24) is 20.3 Å². The summed E-state index contributed by atoms with van der Waals surface area (Å²) >= 11 is 0. The minimum atomic E-state index is 0.418. The number of hydrogen-bond acceptors (Lipinski definition) is 8. The summed E-state index contributed by atoms with van der Waals surface area (Å²) in [6, 6.07) is 0.455. The van der Waals surface area contributed by atoms with Gasteiger partial charge in [-0.25, -0.2) is 14.6 Å². The van der Waals surface area contributed by atoms with Crippen molar-refractivity contribution in [2.45, 2.75) is 38.1 Å². The highest BCUT2D eigenvalue weighted by Crippen LogP contribution is 2.25. The molecule has 1 aliphatic rings. The highest BCUT2D eigenvalue weighted by molar-refractivity contribution is 5.73. The second-order valence-corrected chi connectivity index (χ2v) is 5.23. The van der Waals surface area contributed by atoms with E-state index in [-0.39, 0.29) is 0 Å². The van der Waals surface area contributed by atoms with Crippen LogP contribution in [0.3, 0.4) is 0 Å². The average Bonchev–Trinajstić information content (AvgIpc) is 3.14. The van der Waals surface area contributed by atoms with E-state index in [0.717, 1.165) is 18.8 Å². The first-order valence-corrected chi connectivity index (χ1v) is 7.36. The lowest BCUT2D eigenvalue weighted by Gasteiger charge is -2.15. The van der Waals surface area contributed by atoms with Crippen molar-refractivity contribution in [3.63, 3.8) is 0 Å². The first-order valence-electron chi connectivity index (χ1n) is 7.36. The summed E-state index contributed by atoms with van der Waals surface area (Å²) < 4.78 is 9.73. The summed E-state index contributed by atoms with van der Waals surface area (Å²) in [6.07, 6.45) is 5.75. The van der Waals surface area contributed by atoms with E-state index >= 15 is 0 Å². The van der Waals surface area contributed by atoms with Crippen molar-refractivity contribution in [3.05, 3.63) is 0 Å². The van der Waals surface area contributed by atoms with Gasteiger partial charge in [0, 0.05) is 26.3 Å². The number of fused-ring (bicyclic) bond motifs is 1. The van der Waals surface area contributed by atoms with Gasteiger partial charge in [-0.05, 0) is 29.6 Å². The lowest BCUT2D eigenvalue weighted by Crippen LogP contribution is -2.18. The molecule has 2 N–H and O–H groups in total. The second-order valence-electron chi connectivity index (χ2n) is 5.23. The molecular weight excluding hydrogens is 272 g/mol. The van der Waals surface area contributed by atoms with Crippen LogP contribution in [-0.2, 0) is 4.74 Å². The molecule has 0 amide bonds. The van der Waals surface area contributed by atoms with E-state index in [2.05, 4.69) is 35.5 Å². The fraction of sp³-hybridized carbons (Fsp3) is 0.692.